The van der Waals surface area contributed by atoms with Gasteiger partial charge in [0.2, 0.25) is 0 Å². The summed E-state index contributed by atoms with van der Waals surface area (Å²) in [5.74, 6) is -0.421. The third-order valence-electron chi connectivity index (χ3n) is 2.32. The Morgan fingerprint density at radius 1 is 1.64 bits per heavy atom. The Labute approximate surface area is 83.5 Å². The lowest BCUT2D eigenvalue weighted by Crippen LogP contribution is -2.43. The van der Waals surface area contributed by atoms with Crippen LogP contribution in [0, 0.1) is 0 Å². The molecule has 0 aromatic carbocycles. The maximum absolute atomic E-state index is 11.4. The van der Waals surface area contributed by atoms with Gasteiger partial charge in [-0.3, -0.25) is 4.79 Å². The zero-order valence-electron chi connectivity index (χ0n) is 8.56. The van der Waals surface area contributed by atoms with Crippen LogP contribution in [0.4, 0.5) is 0 Å². The summed E-state index contributed by atoms with van der Waals surface area (Å²) in [5.41, 5.74) is 5.61. The first kappa shape index (κ1) is 11.4. The summed E-state index contributed by atoms with van der Waals surface area (Å²) in [6.07, 6.45) is 0.280. The van der Waals surface area contributed by atoms with Gasteiger partial charge in [0.1, 0.15) is 12.1 Å². The minimum atomic E-state index is -0.722. The molecule has 0 aromatic heterocycles. The molecule has 1 aliphatic rings. The highest BCUT2D eigenvalue weighted by Gasteiger charge is 2.26. The minimum Gasteiger partial charge on any atom is -0.459 e. The van der Waals surface area contributed by atoms with E-state index in [0.717, 1.165) is 6.42 Å². The van der Waals surface area contributed by atoms with E-state index in [0.29, 0.717) is 13.2 Å². The zero-order valence-corrected chi connectivity index (χ0v) is 8.56. The Bertz CT molecular complexity index is 191. The van der Waals surface area contributed by atoms with Gasteiger partial charge in [-0.1, -0.05) is 0 Å². The number of rotatable bonds is 4. The fraction of sp³-hybridized carbons (Fsp3) is 0.889. The van der Waals surface area contributed by atoms with Crippen molar-refractivity contribution in [3.63, 3.8) is 0 Å². The molecule has 0 bridgehead atoms. The van der Waals surface area contributed by atoms with E-state index in [9.17, 15) is 4.79 Å². The van der Waals surface area contributed by atoms with E-state index in [4.69, 9.17) is 19.9 Å². The quantitative estimate of drug-likeness (QED) is 0.634. The second-order valence-corrected chi connectivity index (χ2v) is 3.39. The summed E-state index contributed by atoms with van der Waals surface area (Å²) < 4.78 is 15.1. The molecule has 0 spiro atoms. The second kappa shape index (κ2) is 5.29. The highest BCUT2D eigenvalue weighted by Crippen LogP contribution is 2.09. The average molecular weight is 203 g/mol. The van der Waals surface area contributed by atoms with Gasteiger partial charge in [0.15, 0.2) is 0 Å². The number of nitrogens with two attached hydrogens (primary N) is 1. The second-order valence-electron chi connectivity index (χ2n) is 3.39. The van der Waals surface area contributed by atoms with Crippen molar-refractivity contribution in [2.24, 2.45) is 5.73 Å². The number of esters is 1. The molecular formula is C9H17NO4. The molecule has 5 nitrogen and oxygen atoms in total. The van der Waals surface area contributed by atoms with Gasteiger partial charge in [0.05, 0.1) is 19.3 Å². The zero-order chi connectivity index (χ0) is 10.6. The van der Waals surface area contributed by atoms with E-state index in [-0.39, 0.29) is 12.2 Å². The van der Waals surface area contributed by atoms with Crippen molar-refractivity contribution in [2.75, 3.05) is 20.3 Å². The van der Waals surface area contributed by atoms with Crippen LogP contribution >= 0.6 is 0 Å². The summed E-state index contributed by atoms with van der Waals surface area (Å²) >= 11 is 0. The van der Waals surface area contributed by atoms with Crippen LogP contribution in [0.15, 0.2) is 0 Å². The van der Waals surface area contributed by atoms with E-state index >= 15 is 0 Å². The van der Waals surface area contributed by atoms with E-state index in [2.05, 4.69) is 0 Å². The van der Waals surface area contributed by atoms with Crippen LogP contribution in [0.5, 0.6) is 0 Å². The normalized spacial score (nSPS) is 25.8. The van der Waals surface area contributed by atoms with Crippen LogP contribution in [0.2, 0.25) is 0 Å². The lowest BCUT2D eigenvalue weighted by atomic mass is 10.2. The van der Waals surface area contributed by atoms with E-state index in [1.165, 1.54) is 7.11 Å². The van der Waals surface area contributed by atoms with Gasteiger partial charge in [0, 0.05) is 13.5 Å². The van der Waals surface area contributed by atoms with Crippen LogP contribution in [-0.2, 0) is 19.0 Å². The fourth-order valence-electron chi connectivity index (χ4n) is 1.19. The van der Waals surface area contributed by atoms with Crippen molar-refractivity contribution >= 4 is 5.97 Å². The number of hydrogen-bond acceptors (Lipinski definition) is 5. The third-order valence-corrected chi connectivity index (χ3v) is 2.32. The van der Waals surface area contributed by atoms with Gasteiger partial charge in [-0.05, 0) is 6.92 Å². The first-order valence-electron chi connectivity index (χ1n) is 4.71. The summed E-state index contributed by atoms with van der Waals surface area (Å²) in [5, 5.41) is 0. The number of ether oxygens (including phenoxy) is 3. The van der Waals surface area contributed by atoms with E-state index < -0.39 is 12.0 Å². The molecule has 2 unspecified atom stereocenters. The predicted molar refractivity (Wildman–Crippen MR) is 49.8 cm³/mol. The Balaban J connectivity index is 2.32. The summed E-state index contributed by atoms with van der Waals surface area (Å²) in [7, 11) is 1.51. The number of carbonyl (C=O) groups excluding carboxylic acids is 1. The van der Waals surface area contributed by atoms with Crippen molar-refractivity contribution in [2.45, 2.75) is 31.6 Å². The molecule has 82 valence electrons. The monoisotopic (exact) mass is 203 g/mol. The van der Waals surface area contributed by atoms with Crippen molar-refractivity contribution in [3.05, 3.63) is 0 Å². The number of methoxy groups -OCH3 is 1. The van der Waals surface area contributed by atoms with Gasteiger partial charge in [-0.2, -0.15) is 0 Å². The minimum absolute atomic E-state index is 0.141. The standard InChI is InChI=1S/C9H17NO4/c1-6(12-2)8(10)9(11)14-7-3-4-13-5-7/h6-8H,3-5,10H2,1-2H3/t6?,7-,8?/m0/s1. The van der Waals surface area contributed by atoms with Crippen molar-refractivity contribution in [1.29, 1.82) is 0 Å². The Hall–Kier alpha value is -0.650. The molecule has 0 aromatic rings. The molecule has 1 saturated heterocycles. The summed E-state index contributed by atoms with van der Waals surface area (Å²) in [6, 6.07) is -0.722. The molecule has 0 aliphatic carbocycles. The van der Waals surface area contributed by atoms with Crippen LogP contribution in [0.3, 0.4) is 0 Å². The Morgan fingerprint density at radius 3 is 2.86 bits per heavy atom. The largest absolute Gasteiger partial charge is 0.459 e. The predicted octanol–water partition coefficient (Wildman–Crippen LogP) is -0.319. The molecule has 14 heavy (non-hydrogen) atoms. The number of hydrogen-bond donors (Lipinski definition) is 1. The maximum Gasteiger partial charge on any atom is 0.325 e. The van der Waals surface area contributed by atoms with Crippen LogP contribution in [-0.4, -0.2) is 44.5 Å². The molecule has 1 heterocycles. The molecule has 5 heteroatoms. The molecule has 0 amide bonds. The molecule has 2 N–H and O–H groups in total. The summed E-state index contributed by atoms with van der Waals surface area (Å²) in [4.78, 5) is 11.4. The topological polar surface area (TPSA) is 70.8 Å². The van der Waals surface area contributed by atoms with Gasteiger partial charge in [-0.25, -0.2) is 0 Å². The lowest BCUT2D eigenvalue weighted by molar-refractivity contribution is -0.153. The molecular weight excluding hydrogens is 186 g/mol. The van der Waals surface area contributed by atoms with Gasteiger partial charge < -0.3 is 19.9 Å². The molecule has 1 rings (SSSR count). The van der Waals surface area contributed by atoms with Gasteiger partial charge in [0.25, 0.3) is 0 Å². The molecule has 0 saturated carbocycles. The maximum atomic E-state index is 11.4. The van der Waals surface area contributed by atoms with Gasteiger partial charge in [-0.15, -0.1) is 0 Å². The SMILES string of the molecule is COC(C)C(N)C(=O)O[C@H]1CCOC1. The lowest BCUT2D eigenvalue weighted by Gasteiger charge is -2.19. The van der Waals surface area contributed by atoms with Crippen molar-refractivity contribution in [3.8, 4) is 0 Å². The van der Waals surface area contributed by atoms with E-state index in [1.54, 1.807) is 6.92 Å². The highest BCUT2D eigenvalue weighted by molar-refractivity contribution is 5.76. The highest BCUT2D eigenvalue weighted by atomic mass is 16.6. The first-order valence-corrected chi connectivity index (χ1v) is 4.71. The fourth-order valence-corrected chi connectivity index (χ4v) is 1.19. The van der Waals surface area contributed by atoms with Crippen LogP contribution in [0.25, 0.3) is 0 Å². The van der Waals surface area contributed by atoms with Crippen molar-refractivity contribution < 1.29 is 19.0 Å². The molecule has 1 fully saturated rings. The van der Waals surface area contributed by atoms with Crippen molar-refractivity contribution in [1.82, 2.24) is 0 Å². The summed E-state index contributed by atoms with van der Waals surface area (Å²) in [6.45, 7) is 2.85. The van der Waals surface area contributed by atoms with E-state index in [1.807, 2.05) is 0 Å². The molecule has 3 atom stereocenters. The van der Waals surface area contributed by atoms with Crippen LogP contribution < -0.4 is 5.73 Å². The average Bonchev–Trinajstić information content (AvgIpc) is 2.68. The first-order chi connectivity index (χ1) is 6.65. The molecule has 1 aliphatic heterocycles. The number of carbonyl (C=O) groups is 1. The van der Waals surface area contributed by atoms with Crippen LogP contribution in [0.1, 0.15) is 13.3 Å². The Morgan fingerprint density at radius 2 is 2.36 bits per heavy atom. The Kier molecular flexibility index (Phi) is 4.31. The molecule has 0 radical (unpaired) electrons. The smallest absolute Gasteiger partial charge is 0.325 e. The van der Waals surface area contributed by atoms with Gasteiger partial charge >= 0.3 is 5.97 Å². The third kappa shape index (κ3) is 2.94.